The molecule has 0 bridgehead atoms. The minimum atomic E-state index is 0. The van der Waals surface area contributed by atoms with Crippen molar-refractivity contribution in [1.29, 1.82) is 0 Å². The highest BCUT2D eigenvalue weighted by molar-refractivity contribution is 5.75. The highest BCUT2D eigenvalue weighted by atomic mass is 16.5. The molecule has 1 aliphatic rings. The van der Waals surface area contributed by atoms with Gasteiger partial charge in [-0.2, -0.15) is 0 Å². The molecule has 0 N–H and O–H groups in total. The topological polar surface area (TPSA) is 9.23 Å². The molecule has 0 aliphatic carbocycles. The molecule has 0 saturated carbocycles. The van der Waals surface area contributed by atoms with Crippen LogP contribution in [0.15, 0.2) is 24.3 Å². The molecule has 1 aromatic carbocycles. The van der Waals surface area contributed by atoms with Crippen molar-refractivity contribution < 1.29 is 4.74 Å². The number of rotatable bonds is 0. The second kappa shape index (κ2) is 2.13. The molecule has 1 aliphatic heterocycles. The van der Waals surface area contributed by atoms with Crippen LogP contribution in [0.4, 0.5) is 0 Å². The fourth-order valence-corrected chi connectivity index (χ4v) is 0.839. The zero-order valence-corrected chi connectivity index (χ0v) is 5.00. The summed E-state index contributed by atoms with van der Waals surface area (Å²) in [6, 6.07) is 8.08. The first-order valence-electron chi connectivity index (χ1n) is 2.67. The Balaban J connectivity index is 0.000000405. The summed E-state index contributed by atoms with van der Waals surface area (Å²) < 4.78 is 5.08. The zero-order chi connectivity index (χ0) is 5.40. The van der Waals surface area contributed by atoms with Crippen molar-refractivity contribution in [1.82, 2.24) is 0 Å². The summed E-state index contributed by atoms with van der Waals surface area (Å²) in [6.45, 7) is 0.802. The Morgan fingerprint density at radius 3 is 2.33 bits per heavy atom. The summed E-state index contributed by atoms with van der Waals surface area (Å²) in [5, 5.41) is 0. The van der Waals surface area contributed by atoms with Gasteiger partial charge in [0.15, 0.2) is 0 Å². The molecule has 0 fully saturated rings. The summed E-state index contributed by atoms with van der Waals surface area (Å²) in [6.07, 6.45) is 0. The van der Waals surface area contributed by atoms with Gasteiger partial charge in [-0.25, -0.2) is 0 Å². The third-order valence-electron chi connectivity index (χ3n) is 1.36. The lowest BCUT2D eigenvalue weighted by Crippen LogP contribution is -2.07. The van der Waals surface area contributed by atoms with E-state index in [4.69, 9.17) is 4.74 Å². The largest absolute Gasteiger partial charge is 0.488 e. The minimum absolute atomic E-state index is 0. The number of para-hydroxylation sites is 1. The van der Waals surface area contributed by atoms with Crippen molar-refractivity contribution in [2.75, 3.05) is 0 Å². The van der Waals surface area contributed by atoms with Crippen molar-refractivity contribution >= 4 is 8.41 Å². The van der Waals surface area contributed by atoms with Gasteiger partial charge in [-0.3, -0.25) is 0 Å². The average Bonchev–Trinajstić information content (AvgIpc) is 1.72. The maximum atomic E-state index is 5.08. The van der Waals surface area contributed by atoms with Crippen LogP contribution in [0.2, 0.25) is 0 Å². The standard InChI is InChI=1S/C7H6O.B/c1-2-4-7-6(3-1)5-8-7;/h1-4H,5H2;. The summed E-state index contributed by atoms with van der Waals surface area (Å²) in [5.41, 5.74) is 1.33. The van der Waals surface area contributed by atoms with E-state index in [2.05, 4.69) is 6.07 Å². The van der Waals surface area contributed by atoms with Gasteiger partial charge in [0.05, 0.1) is 0 Å². The van der Waals surface area contributed by atoms with E-state index in [1.165, 1.54) is 5.56 Å². The molecule has 0 atom stereocenters. The Kier molecular flexibility index (Phi) is 1.47. The maximum Gasteiger partial charge on any atom is 0.126 e. The molecule has 9 heavy (non-hydrogen) atoms. The lowest BCUT2D eigenvalue weighted by atomic mass is 10.1. The number of fused-ring (bicyclic) bond motifs is 1. The van der Waals surface area contributed by atoms with Crippen LogP contribution in [-0.2, 0) is 6.61 Å². The monoisotopic (exact) mass is 117 g/mol. The molecule has 1 heterocycles. The molecular weight excluding hydrogens is 111 g/mol. The predicted molar refractivity (Wildman–Crippen MR) is 36.5 cm³/mol. The first-order valence-corrected chi connectivity index (χ1v) is 2.67. The van der Waals surface area contributed by atoms with Crippen molar-refractivity contribution in [2.45, 2.75) is 6.61 Å². The molecule has 43 valence electrons. The van der Waals surface area contributed by atoms with Gasteiger partial charge in [0.25, 0.3) is 0 Å². The highest BCUT2D eigenvalue weighted by Gasteiger charge is 2.10. The third-order valence-corrected chi connectivity index (χ3v) is 1.36. The van der Waals surface area contributed by atoms with Gasteiger partial charge in [-0.1, -0.05) is 18.2 Å². The number of benzene rings is 1. The summed E-state index contributed by atoms with van der Waals surface area (Å²) in [7, 11) is 0. The fraction of sp³-hybridized carbons (Fsp3) is 0.143. The Labute approximate surface area is 56.2 Å². The van der Waals surface area contributed by atoms with Gasteiger partial charge in [0, 0.05) is 14.0 Å². The van der Waals surface area contributed by atoms with Gasteiger partial charge in [-0.15, -0.1) is 0 Å². The van der Waals surface area contributed by atoms with E-state index in [1.807, 2.05) is 18.2 Å². The van der Waals surface area contributed by atoms with E-state index < -0.39 is 0 Å². The molecule has 0 amide bonds. The van der Waals surface area contributed by atoms with E-state index >= 15 is 0 Å². The lowest BCUT2D eigenvalue weighted by molar-refractivity contribution is 0.243. The third kappa shape index (κ3) is 0.805. The predicted octanol–water partition coefficient (Wildman–Crippen LogP) is 1.20. The molecule has 2 heteroatoms. The normalized spacial score (nSPS) is 12.0. The lowest BCUT2D eigenvalue weighted by Gasteiger charge is -2.18. The second-order valence-electron chi connectivity index (χ2n) is 1.90. The molecule has 0 spiro atoms. The van der Waals surface area contributed by atoms with Crippen molar-refractivity contribution in [3.63, 3.8) is 0 Å². The molecule has 3 radical (unpaired) electrons. The van der Waals surface area contributed by atoms with Crippen LogP contribution in [0.25, 0.3) is 0 Å². The van der Waals surface area contributed by atoms with Gasteiger partial charge < -0.3 is 4.74 Å². The van der Waals surface area contributed by atoms with Gasteiger partial charge in [0.2, 0.25) is 0 Å². The molecule has 1 aromatic rings. The molecular formula is C7H6BO. The Morgan fingerprint density at radius 2 is 2.00 bits per heavy atom. The van der Waals surface area contributed by atoms with E-state index in [0.29, 0.717) is 0 Å². The van der Waals surface area contributed by atoms with Crippen LogP contribution in [0.3, 0.4) is 0 Å². The van der Waals surface area contributed by atoms with E-state index in [-0.39, 0.29) is 8.41 Å². The van der Waals surface area contributed by atoms with Crippen molar-refractivity contribution in [3.05, 3.63) is 29.8 Å². The van der Waals surface area contributed by atoms with Crippen LogP contribution >= 0.6 is 0 Å². The Morgan fingerprint density at radius 1 is 1.22 bits per heavy atom. The second-order valence-corrected chi connectivity index (χ2v) is 1.90. The van der Waals surface area contributed by atoms with Gasteiger partial charge >= 0.3 is 0 Å². The molecule has 2 rings (SSSR count). The van der Waals surface area contributed by atoms with Crippen LogP contribution in [-0.4, -0.2) is 8.41 Å². The molecule has 0 saturated heterocycles. The van der Waals surface area contributed by atoms with Crippen LogP contribution in [0, 0.1) is 0 Å². The number of hydrogen-bond acceptors (Lipinski definition) is 1. The summed E-state index contributed by atoms with van der Waals surface area (Å²) in [5.74, 6) is 1.05. The maximum absolute atomic E-state index is 5.08. The molecule has 0 aromatic heterocycles. The number of ether oxygens (including phenoxy) is 1. The van der Waals surface area contributed by atoms with E-state index in [0.717, 1.165) is 12.4 Å². The first-order chi connectivity index (χ1) is 3.97. The van der Waals surface area contributed by atoms with Crippen molar-refractivity contribution in [3.8, 4) is 5.75 Å². The SMILES string of the molecule is [B].c1ccc2c(c1)CO2. The number of hydrogen-bond donors (Lipinski definition) is 0. The first kappa shape index (κ1) is 6.21. The minimum Gasteiger partial charge on any atom is -0.488 e. The summed E-state index contributed by atoms with van der Waals surface area (Å²) >= 11 is 0. The average molecular weight is 117 g/mol. The van der Waals surface area contributed by atoms with Gasteiger partial charge in [-0.05, 0) is 6.07 Å². The Hall–Kier alpha value is -0.915. The summed E-state index contributed by atoms with van der Waals surface area (Å²) in [4.78, 5) is 0. The molecule has 1 nitrogen and oxygen atoms in total. The quantitative estimate of drug-likeness (QED) is 0.464. The Bertz CT molecular complexity index is 187. The van der Waals surface area contributed by atoms with E-state index in [1.54, 1.807) is 0 Å². The van der Waals surface area contributed by atoms with Crippen LogP contribution < -0.4 is 4.74 Å². The van der Waals surface area contributed by atoms with Crippen molar-refractivity contribution in [2.24, 2.45) is 0 Å². The van der Waals surface area contributed by atoms with E-state index in [9.17, 15) is 0 Å². The van der Waals surface area contributed by atoms with Gasteiger partial charge in [0.1, 0.15) is 12.4 Å². The molecule has 0 unspecified atom stereocenters. The highest BCUT2D eigenvalue weighted by Crippen LogP contribution is 2.27. The zero-order valence-electron chi connectivity index (χ0n) is 5.00. The van der Waals surface area contributed by atoms with Crippen LogP contribution in [0.5, 0.6) is 5.75 Å². The fourth-order valence-electron chi connectivity index (χ4n) is 0.839. The van der Waals surface area contributed by atoms with Crippen LogP contribution in [0.1, 0.15) is 5.56 Å². The smallest absolute Gasteiger partial charge is 0.126 e.